The van der Waals surface area contributed by atoms with E-state index in [2.05, 4.69) is 27.3 Å². The van der Waals surface area contributed by atoms with E-state index in [0.29, 0.717) is 0 Å². The molecule has 0 rings (SSSR count). The second-order valence-corrected chi connectivity index (χ2v) is 8.34. The lowest BCUT2D eigenvalue weighted by Gasteiger charge is -2.26. The molecule has 0 spiro atoms. The summed E-state index contributed by atoms with van der Waals surface area (Å²) in [6.07, 6.45) is 8.59. The summed E-state index contributed by atoms with van der Waals surface area (Å²) >= 11 is 0. The average molecular weight is 260 g/mol. The van der Waals surface area contributed by atoms with Gasteiger partial charge in [-0.05, 0) is 25.4 Å². The van der Waals surface area contributed by atoms with E-state index < -0.39 is 8.56 Å². The van der Waals surface area contributed by atoms with Gasteiger partial charge in [-0.2, -0.15) is 0 Å². The van der Waals surface area contributed by atoms with Gasteiger partial charge in [0.1, 0.15) is 0 Å². The molecule has 0 fully saturated rings. The second kappa shape index (κ2) is 11.2. The summed E-state index contributed by atoms with van der Waals surface area (Å²) in [6, 6.07) is 1.13. The standard InChI is InChI=1S/C14H32O2Si/c1-5-8-10-12-15-17(4,14-7-3)16-13-11-9-6-2/h5-14H2,1-4H3. The Balaban J connectivity index is 3.80. The van der Waals surface area contributed by atoms with Crippen LogP contribution < -0.4 is 0 Å². The quantitative estimate of drug-likeness (QED) is 0.368. The molecule has 0 amide bonds. The van der Waals surface area contributed by atoms with Crippen molar-refractivity contribution in [2.45, 2.75) is 78.3 Å². The normalized spacial score (nSPS) is 12.0. The van der Waals surface area contributed by atoms with E-state index in [1.807, 2.05) is 0 Å². The zero-order chi connectivity index (χ0) is 13.0. The minimum absolute atomic E-state index is 0.893. The Kier molecular flexibility index (Phi) is 11.3. The molecule has 0 saturated carbocycles. The fourth-order valence-corrected chi connectivity index (χ4v) is 4.35. The minimum Gasteiger partial charge on any atom is -0.394 e. The lowest BCUT2D eigenvalue weighted by molar-refractivity contribution is 0.167. The van der Waals surface area contributed by atoms with Gasteiger partial charge in [0.2, 0.25) is 0 Å². The van der Waals surface area contributed by atoms with Crippen LogP contribution in [0.3, 0.4) is 0 Å². The van der Waals surface area contributed by atoms with Crippen molar-refractivity contribution in [2.75, 3.05) is 13.2 Å². The number of unbranched alkanes of at least 4 members (excludes halogenated alkanes) is 4. The Bertz CT molecular complexity index is 150. The SMILES string of the molecule is CCCCCO[Si](C)(CCC)OCCCCC. The molecule has 0 atom stereocenters. The summed E-state index contributed by atoms with van der Waals surface area (Å²) in [4.78, 5) is 0. The molecule has 0 aliphatic rings. The molecule has 17 heavy (non-hydrogen) atoms. The van der Waals surface area contributed by atoms with Gasteiger partial charge in [-0.25, -0.2) is 0 Å². The highest BCUT2D eigenvalue weighted by Gasteiger charge is 2.29. The predicted octanol–water partition coefficient (Wildman–Crippen LogP) is 4.88. The molecule has 0 aromatic carbocycles. The van der Waals surface area contributed by atoms with Gasteiger partial charge in [0.25, 0.3) is 0 Å². The molecule has 104 valence electrons. The molecule has 0 heterocycles. The zero-order valence-corrected chi connectivity index (χ0v) is 13.4. The maximum atomic E-state index is 6.07. The smallest absolute Gasteiger partial charge is 0.334 e. The molecule has 0 aliphatic heterocycles. The van der Waals surface area contributed by atoms with Crippen LogP contribution in [-0.2, 0) is 8.85 Å². The van der Waals surface area contributed by atoms with Crippen LogP contribution in [0.2, 0.25) is 12.6 Å². The van der Waals surface area contributed by atoms with Gasteiger partial charge >= 0.3 is 8.56 Å². The first kappa shape index (κ1) is 17.1. The van der Waals surface area contributed by atoms with E-state index in [-0.39, 0.29) is 0 Å². The highest BCUT2D eigenvalue weighted by Crippen LogP contribution is 2.17. The number of rotatable bonds is 12. The summed E-state index contributed by atoms with van der Waals surface area (Å²) in [5, 5.41) is 0. The maximum Gasteiger partial charge on any atom is 0.334 e. The number of hydrogen-bond acceptors (Lipinski definition) is 2. The molecule has 2 nitrogen and oxygen atoms in total. The van der Waals surface area contributed by atoms with Gasteiger partial charge in [0.05, 0.1) is 0 Å². The summed E-state index contributed by atoms with van der Waals surface area (Å²) in [6.45, 7) is 10.7. The summed E-state index contributed by atoms with van der Waals surface area (Å²) in [7, 11) is -1.85. The fourth-order valence-electron chi connectivity index (χ4n) is 1.92. The molecular weight excluding hydrogens is 228 g/mol. The van der Waals surface area contributed by atoms with Crippen LogP contribution in [0.15, 0.2) is 0 Å². The Hall–Kier alpha value is 0.137. The molecule has 0 aliphatic carbocycles. The molecular formula is C14H32O2Si. The predicted molar refractivity (Wildman–Crippen MR) is 77.7 cm³/mol. The van der Waals surface area contributed by atoms with Crippen LogP contribution in [0.4, 0.5) is 0 Å². The third-order valence-corrected chi connectivity index (χ3v) is 6.05. The monoisotopic (exact) mass is 260 g/mol. The van der Waals surface area contributed by atoms with E-state index in [0.717, 1.165) is 19.3 Å². The minimum atomic E-state index is -1.85. The van der Waals surface area contributed by atoms with Gasteiger partial charge < -0.3 is 8.85 Å². The van der Waals surface area contributed by atoms with Crippen molar-refractivity contribution in [3.05, 3.63) is 0 Å². The number of hydrogen-bond donors (Lipinski definition) is 0. The van der Waals surface area contributed by atoms with Crippen LogP contribution >= 0.6 is 0 Å². The van der Waals surface area contributed by atoms with E-state index >= 15 is 0 Å². The zero-order valence-electron chi connectivity index (χ0n) is 12.4. The first-order valence-corrected chi connectivity index (χ1v) is 9.98. The van der Waals surface area contributed by atoms with Crippen molar-refractivity contribution in [3.63, 3.8) is 0 Å². The fraction of sp³-hybridized carbons (Fsp3) is 1.00. The lowest BCUT2D eigenvalue weighted by Crippen LogP contribution is -2.39. The van der Waals surface area contributed by atoms with Gasteiger partial charge in [-0.3, -0.25) is 0 Å². The Labute approximate surface area is 109 Å². The molecule has 0 aromatic heterocycles. The maximum absolute atomic E-state index is 6.07. The molecule has 0 aromatic rings. The lowest BCUT2D eigenvalue weighted by atomic mass is 10.3. The highest BCUT2D eigenvalue weighted by molar-refractivity contribution is 6.66. The van der Waals surface area contributed by atoms with Crippen LogP contribution in [0.5, 0.6) is 0 Å². The first-order chi connectivity index (χ1) is 8.18. The average Bonchev–Trinajstić information content (AvgIpc) is 2.31. The molecule has 0 bridgehead atoms. The topological polar surface area (TPSA) is 18.5 Å². The van der Waals surface area contributed by atoms with Crippen LogP contribution in [0.25, 0.3) is 0 Å². The Morgan fingerprint density at radius 1 is 0.706 bits per heavy atom. The molecule has 0 unspecified atom stereocenters. The summed E-state index contributed by atoms with van der Waals surface area (Å²) in [5.74, 6) is 0. The van der Waals surface area contributed by atoms with E-state index in [1.54, 1.807) is 0 Å². The van der Waals surface area contributed by atoms with Crippen LogP contribution in [-0.4, -0.2) is 21.8 Å². The summed E-state index contributed by atoms with van der Waals surface area (Å²) < 4.78 is 12.1. The van der Waals surface area contributed by atoms with Crippen molar-refractivity contribution < 1.29 is 8.85 Å². The third-order valence-electron chi connectivity index (χ3n) is 3.01. The van der Waals surface area contributed by atoms with E-state index in [9.17, 15) is 0 Å². The van der Waals surface area contributed by atoms with Crippen LogP contribution in [0.1, 0.15) is 65.7 Å². The van der Waals surface area contributed by atoms with Crippen molar-refractivity contribution in [1.82, 2.24) is 0 Å². The first-order valence-electron chi connectivity index (χ1n) is 7.46. The molecule has 0 N–H and O–H groups in total. The van der Waals surface area contributed by atoms with Crippen molar-refractivity contribution in [2.24, 2.45) is 0 Å². The van der Waals surface area contributed by atoms with Crippen LogP contribution in [0, 0.1) is 0 Å². The van der Waals surface area contributed by atoms with Gasteiger partial charge in [-0.15, -0.1) is 0 Å². The van der Waals surface area contributed by atoms with Crippen molar-refractivity contribution in [3.8, 4) is 0 Å². The van der Waals surface area contributed by atoms with Crippen molar-refractivity contribution >= 4 is 8.56 Å². The highest BCUT2D eigenvalue weighted by atomic mass is 28.4. The van der Waals surface area contributed by atoms with Crippen molar-refractivity contribution in [1.29, 1.82) is 0 Å². The Morgan fingerprint density at radius 3 is 1.53 bits per heavy atom. The summed E-state index contributed by atoms with van der Waals surface area (Å²) in [5.41, 5.74) is 0. The van der Waals surface area contributed by atoms with Gasteiger partial charge in [0, 0.05) is 13.2 Å². The second-order valence-electron chi connectivity index (χ2n) is 4.99. The molecule has 0 saturated heterocycles. The van der Waals surface area contributed by atoms with Gasteiger partial charge in [-0.1, -0.05) is 52.9 Å². The van der Waals surface area contributed by atoms with E-state index in [4.69, 9.17) is 8.85 Å². The Morgan fingerprint density at radius 2 is 1.18 bits per heavy atom. The van der Waals surface area contributed by atoms with Gasteiger partial charge in [0.15, 0.2) is 0 Å². The molecule has 3 heteroatoms. The largest absolute Gasteiger partial charge is 0.394 e. The molecule has 0 radical (unpaired) electrons. The van der Waals surface area contributed by atoms with E-state index in [1.165, 1.54) is 44.9 Å². The third kappa shape index (κ3) is 9.80.